The minimum Gasteiger partial charge on any atom is -0.342 e. The first-order chi connectivity index (χ1) is 12.7. The van der Waals surface area contributed by atoms with E-state index in [4.69, 9.17) is 4.98 Å². The van der Waals surface area contributed by atoms with Crippen LogP contribution in [-0.2, 0) is 13.0 Å². The van der Waals surface area contributed by atoms with E-state index in [1.54, 1.807) is 29.0 Å². The normalized spacial score (nSPS) is 14.3. The lowest BCUT2D eigenvalue weighted by Crippen LogP contribution is -2.32. The number of anilines is 1. The van der Waals surface area contributed by atoms with Gasteiger partial charge in [0.1, 0.15) is 5.65 Å². The molecule has 7 heteroatoms. The number of hydrogen-bond donors (Lipinski definition) is 0. The number of aromatic nitrogens is 4. The third-order valence-electron chi connectivity index (χ3n) is 4.74. The molecule has 0 radical (unpaired) electrons. The summed E-state index contributed by atoms with van der Waals surface area (Å²) in [6.07, 6.45) is 4.60. The molecule has 1 fully saturated rings. The molecule has 3 aromatic rings. The molecule has 1 saturated heterocycles. The number of rotatable bonds is 4. The molecule has 0 amide bonds. The molecule has 0 aliphatic carbocycles. The Kier molecular flexibility index (Phi) is 4.28. The highest BCUT2D eigenvalue weighted by atomic mass is 16.1. The van der Waals surface area contributed by atoms with Gasteiger partial charge < -0.3 is 4.90 Å². The summed E-state index contributed by atoms with van der Waals surface area (Å²) in [5.74, 6) is 0.682. The van der Waals surface area contributed by atoms with Crippen LogP contribution in [0.15, 0.2) is 46.1 Å². The lowest BCUT2D eigenvalue weighted by atomic mass is 10.3. The maximum atomic E-state index is 12.7. The maximum absolute atomic E-state index is 12.7. The fourth-order valence-electron chi connectivity index (χ4n) is 3.37. The van der Waals surface area contributed by atoms with Gasteiger partial charge in [-0.3, -0.25) is 18.6 Å². The van der Waals surface area contributed by atoms with Crippen molar-refractivity contribution in [1.82, 2.24) is 18.9 Å². The van der Waals surface area contributed by atoms with Crippen LogP contribution in [0.3, 0.4) is 0 Å². The van der Waals surface area contributed by atoms with Gasteiger partial charge in [-0.15, -0.1) is 0 Å². The first-order valence-corrected chi connectivity index (χ1v) is 8.99. The van der Waals surface area contributed by atoms with Crippen molar-refractivity contribution < 1.29 is 0 Å². The molecule has 7 nitrogen and oxygen atoms in total. The van der Waals surface area contributed by atoms with Crippen LogP contribution in [0.4, 0.5) is 5.95 Å². The number of aryl methyl sites for hydroxylation is 1. The van der Waals surface area contributed by atoms with Crippen molar-refractivity contribution in [2.75, 3.05) is 18.0 Å². The lowest BCUT2D eigenvalue weighted by molar-refractivity contribution is 0.683. The van der Waals surface area contributed by atoms with Crippen molar-refractivity contribution in [2.24, 2.45) is 0 Å². The zero-order valence-corrected chi connectivity index (χ0v) is 14.8. The molecule has 0 aromatic carbocycles. The summed E-state index contributed by atoms with van der Waals surface area (Å²) >= 11 is 0. The topological polar surface area (TPSA) is 72.5 Å². The van der Waals surface area contributed by atoms with Gasteiger partial charge in [-0.1, -0.05) is 13.0 Å². The summed E-state index contributed by atoms with van der Waals surface area (Å²) < 4.78 is 3.12. The van der Waals surface area contributed by atoms with Crippen LogP contribution in [0.25, 0.3) is 5.65 Å². The highest BCUT2D eigenvalue weighted by molar-refractivity contribution is 5.39. The van der Waals surface area contributed by atoms with E-state index in [0.717, 1.165) is 31.6 Å². The summed E-state index contributed by atoms with van der Waals surface area (Å²) in [5, 5.41) is 0. The predicted molar refractivity (Wildman–Crippen MR) is 99.9 cm³/mol. The van der Waals surface area contributed by atoms with Gasteiger partial charge >= 0.3 is 0 Å². The zero-order valence-electron chi connectivity index (χ0n) is 14.8. The van der Waals surface area contributed by atoms with Crippen molar-refractivity contribution in [3.63, 3.8) is 0 Å². The van der Waals surface area contributed by atoms with Crippen LogP contribution in [0.1, 0.15) is 31.2 Å². The summed E-state index contributed by atoms with van der Waals surface area (Å²) in [5.41, 5.74) is 1.67. The molecule has 1 aliphatic heterocycles. The molecule has 0 N–H and O–H groups in total. The van der Waals surface area contributed by atoms with Gasteiger partial charge in [0.05, 0.1) is 12.2 Å². The first-order valence-electron chi connectivity index (χ1n) is 8.99. The predicted octanol–water partition coefficient (Wildman–Crippen LogP) is 1.46. The summed E-state index contributed by atoms with van der Waals surface area (Å²) in [6, 6.07) is 8.48. The van der Waals surface area contributed by atoms with E-state index in [1.165, 1.54) is 10.5 Å². The summed E-state index contributed by atoms with van der Waals surface area (Å²) in [4.78, 5) is 36.4. The Morgan fingerprint density at radius 1 is 1.00 bits per heavy atom. The second kappa shape index (κ2) is 6.74. The van der Waals surface area contributed by atoms with Crippen LogP contribution in [-0.4, -0.2) is 32.0 Å². The van der Waals surface area contributed by atoms with E-state index < -0.39 is 0 Å². The number of pyridine rings is 1. The standard InChI is InChI=1S/C19H21N5O2/c1-2-14-11-18(26)24(19(21-14)22-8-5-6-9-22)13-15-12-17(25)23-10-4-3-7-16(23)20-15/h3-4,7,10-12H,2,5-6,8-9,13H2,1H3. The minimum atomic E-state index is -0.153. The highest BCUT2D eigenvalue weighted by Crippen LogP contribution is 2.18. The van der Waals surface area contributed by atoms with Crippen molar-refractivity contribution in [3.8, 4) is 0 Å². The minimum absolute atomic E-state index is 0.103. The Labute approximate surface area is 150 Å². The Hall–Kier alpha value is -2.96. The van der Waals surface area contributed by atoms with Gasteiger partial charge in [-0.25, -0.2) is 9.97 Å². The monoisotopic (exact) mass is 351 g/mol. The Balaban J connectivity index is 1.80. The van der Waals surface area contributed by atoms with E-state index in [-0.39, 0.29) is 17.7 Å². The van der Waals surface area contributed by atoms with E-state index in [9.17, 15) is 9.59 Å². The Bertz CT molecular complexity index is 1060. The molecule has 26 heavy (non-hydrogen) atoms. The van der Waals surface area contributed by atoms with Gasteiger partial charge in [0.2, 0.25) is 5.95 Å². The van der Waals surface area contributed by atoms with Gasteiger partial charge in [0.25, 0.3) is 11.1 Å². The van der Waals surface area contributed by atoms with Gasteiger partial charge in [0.15, 0.2) is 0 Å². The molecule has 0 saturated carbocycles. The van der Waals surface area contributed by atoms with Crippen LogP contribution in [0.2, 0.25) is 0 Å². The summed E-state index contributed by atoms with van der Waals surface area (Å²) in [7, 11) is 0. The molecule has 0 atom stereocenters. The number of nitrogens with zero attached hydrogens (tertiary/aromatic N) is 5. The van der Waals surface area contributed by atoms with Crippen molar-refractivity contribution in [3.05, 3.63) is 68.6 Å². The lowest BCUT2D eigenvalue weighted by Gasteiger charge is -2.21. The Morgan fingerprint density at radius 2 is 1.77 bits per heavy atom. The third kappa shape index (κ3) is 3.00. The molecule has 4 rings (SSSR count). The molecule has 0 bridgehead atoms. The SMILES string of the molecule is CCc1cc(=O)n(Cc2cc(=O)n3ccccc3n2)c(N2CCCC2)n1. The fourth-order valence-corrected chi connectivity index (χ4v) is 3.37. The van der Waals surface area contributed by atoms with E-state index in [1.807, 2.05) is 13.0 Å². The smallest absolute Gasteiger partial charge is 0.258 e. The van der Waals surface area contributed by atoms with Gasteiger partial charge in [-0.05, 0) is 31.4 Å². The van der Waals surface area contributed by atoms with Crippen LogP contribution >= 0.6 is 0 Å². The average molecular weight is 351 g/mol. The quantitative estimate of drug-likeness (QED) is 0.712. The molecule has 1 aliphatic rings. The van der Waals surface area contributed by atoms with Crippen LogP contribution in [0, 0.1) is 0 Å². The number of fused-ring (bicyclic) bond motifs is 1. The molecule has 3 aromatic heterocycles. The molecule has 134 valence electrons. The van der Waals surface area contributed by atoms with Crippen molar-refractivity contribution in [2.45, 2.75) is 32.7 Å². The highest BCUT2D eigenvalue weighted by Gasteiger charge is 2.19. The average Bonchev–Trinajstić information content (AvgIpc) is 3.18. The molecular weight excluding hydrogens is 330 g/mol. The number of hydrogen-bond acceptors (Lipinski definition) is 5. The van der Waals surface area contributed by atoms with Crippen molar-refractivity contribution >= 4 is 11.6 Å². The van der Waals surface area contributed by atoms with E-state index in [0.29, 0.717) is 23.7 Å². The molecule has 0 spiro atoms. The summed E-state index contributed by atoms with van der Waals surface area (Å²) in [6.45, 7) is 4.02. The van der Waals surface area contributed by atoms with Crippen molar-refractivity contribution in [1.29, 1.82) is 0 Å². The van der Waals surface area contributed by atoms with Gasteiger partial charge in [0, 0.05) is 37.1 Å². The second-order valence-electron chi connectivity index (χ2n) is 6.53. The first kappa shape index (κ1) is 16.5. The van der Waals surface area contributed by atoms with E-state index in [2.05, 4.69) is 9.88 Å². The second-order valence-corrected chi connectivity index (χ2v) is 6.53. The third-order valence-corrected chi connectivity index (χ3v) is 4.74. The zero-order chi connectivity index (χ0) is 18.1. The van der Waals surface area contributed by atoms with E-state index >= 15 is 0 Å². The largest absolute Gasteiger partial charge is 0.342 e. The van der Waals surface area contributed by atoms with Crippen LogP contribution in [0.5, 0.6) is 0 Å². The molecule has 0 unspecified atom stereocenters. The van der Waals surface area contributed by atoms with Crippen LogP contribution < -0.4 is 16.0 Å². The molecule has 4 heterocycles. The fraction of sp³-hybridized carbons (Fsp3) is 0.368. The van der Waals surface area contributed by atoms with Gasteiger partial charge in [-0.2, -0.15) is 0 Å². The maximum Gasteiger partial charge on any atom is 0.258 e. The Morgan fingerprint density at radius 3 is 2.54 bits per heavy atom. The molecular formula is C19H21N5O2.